The molecule has 0 aliphatic rings. The summed E-state index contributed by atoms with van der Waals surface area (Å²) in [4.78, 5) is 18.8. The van der Waals surface area contributed by atoms with Crippen LogP contribution in [0.4, 0.5) is 5.95 Å². The molecule has 1 aromatic heterocycles. The molecule has 0 saturated heterocycles. The van der Waals surface area contributed by atoms with E-state index in [1.165, 1.54) is 24.5 Å². The lowest BCUT2D eigenvalue weighted by atomic mass is 10.1. The monoisotopic (exact) mass is 215 g/mol. The molecule has 0 spiro atoms. The summed E-state index contributed by atoms with van der Waals surface area (Å²) < 4.78 is 0. The largest absolute Gasteiger partial charge is 0.504 e. The van der Waals surface area contributed by atoms with Crippen LogP contribution in [0.3, 0.4) is 0 Å². The van der Waals surface area contributed by atoms with Gasteiger partial charge in [0.25, 0.3) is 0 Å². The molecule has 0 atom stereocenters. The van der Waals surface area contributed by atoms with Crippen LogP contribution in [0, 0.1) is 0 Å². The molecular weight excluding hydrogens is 206 g/mol. The van der Waals surface area contributed by atoms with Gasteiger partial charge in [-0.1, -0.05) is 12.1 Å². The molecule has 2 rings (SSSR count). The Morgan fingerprint density at radius 1 is 1.12 bits per heavy atom. The molecule has 1 aromatic carbocycles. The van der Waals surface area contributed by atoms with Crippen molar-refractivity contribution in [1.29, 1.82) is 0 Å². The Morgan fingerprint density at radius 2 is 1.81 bits per heavy atom. The van der Waals surface area contributed by atoms with E-state index >= 15 is 0 Å². The maximum atomic E-state index is 11.2. The van der Waals surface area contributed by atoms with Gasteiger partial charge in [-0.25, -0.2) is 9.97 Å². The van der Waals surface area contributed by atoms with Crippen molar-refractivity contribution in [2.75, 3.05) is 5.73 Å². The second kappa shape index (κ2) is 3.98. The van der Waals surface area contributed by atoms with Crippen molar-refractivity contribution in [3.63, 3.8) is 0 Å². The molecule has 3 N–H and O–H groups in total. The first-order valence-electron chi connectivity index (χ1n) is 4.58. The number of aromatic hydroxyl groups is 1. The first-order chi connectivity index (χ1) is 7.66. The molecule has 0 amide bonds. The predicted molar refractivity (Wildman–Crippen MR) is 59.8 cm³/mol. The van der Waals surface area contributed by atoms with Crippen LogP contribution in [0.25, 0.3) is 11.1 Å². The van der Waals surface area contributed by atoms with Crippen LogP contribution in [-0.2, 0) is 0 Å². The summed E-state index contributed by atoms with van der Waals surface area (Å²) in [6, 6.07) is 5.91. The lowest BCUT2D eigenvalue weighted by Gasteiger charge is -1.97. The highest BCUT2D eigenvalue weighted by molar-refractivity contribution is 5.62. The summed E-state index contributed by atoms with van der Waals surface area (Å²) in [5.74, 6) is -0.130. The van der Waals surface area contributed by atoms with Gasteiger partial charge in [0.1, 0.15) is 0 Å². The van der Waals surface area contributed by atoms with E-state index in [9.17, 15) is 9.90 Å². The predicted octanol–water partition coefficient (Wildman–Crippen LogP) is 0.792. The van der Waals surface area contributed by atoms with Gasteiger partial charge in [0.2, 0.25) is 11.4 Å². The third-order valence-corrected chi connectivity index (χ3v) is 2.07. The third kappa shape index (κ3) is 1.98. The molecule has 80 valence electrons. The van der Waals surface area contributed by atoms with Crippen LogP contribution in [0.5, 0.6) is 5.75 Å². The van der Waals surface area contributed by atoms with Gasteiger partial charge >= 0.3 is 0 Å². The zero-order valence-electron chi connectivity index (χ0n) is 8.29. The molecule has 0 aliphatic carbocycles. The van der Waals surface area contributed by atoms with E-state index in [0.29, 0.717) is 11.1 Å². The fourth-order valence-corrected chi connectivity index (χ4v) is 1.26. The van der Waals surface area contributed by atoms with E-state index in [0.717, 1.165) is 0 Å². The molecule has 0 radical (unpaired) electrons. The van der Waals surface area contributed by atoms with Gasteiger partial charge in [-0.15, -0.1) is 0 Å². The maximum Gasteiger partial charge on any atom is 0.220 e. The molecule has 0 unspecified atom stereocenters. The quantitative estimate of drug-likeness (QED) is 0.734. The Kier molecular flexibility index (Phi) is 2.51. The lowest BCUT2D eigenvalue weighted by Crippen LogP contribution is -1.93. The minimum absolute atomic E-state index is 0.179. The SMILES string of the molecule is Nc1ncc(-c2cccc(=O)c(O)c2)cn1. The van der Waals surface area contributed by atoms with Crippen LogP contribution >= 0.6 is 0 Å². The summed E-state index contributed by atoms with van der Waals surface area (Å²) in [7, 11) is 0. The summed E-state index contributed by atoms with van der Waals surface area (Å²) in [5, 5.41) is 9.40. The Labute approximate surface area is 91.2 Å². The Bertz CT molecular complexity index is 567. The summed E-state index contributed by atoms with van der Waals surface area (Å²) in [6.07, 6.45) is 3.06. The Morgan fingerprint density at radius 3 is 2.50 bits per heavy atom. The number of nitrogen functional groups attached to an aromatic ring is 1. The van der Waals surface area contributed by atoms with Gasteiger partial charge in [-0.05, 0) is 17.7 Å². The van der Waals surface area contributed by atoms with Gasteiger partial charge in [0, 0.05) is 18.0 Å². The molecule has 1 heterocycles. The van der Waals surface area contributed by atoms with Crippen molar-refractivity contribution in [3.8, 4) is 16.9 Å². The fourth-order valence-electron chi connectivity index (χ4n) is 1.26. The van der Waals surface area contributed by atoms with Crippen molar-refractivity contribution in [3.05, 3.63) is 46.9 Å². The fraction of sp³-hybridized carbons (Fsp3) is 0. The first kappa shape index (κ1) is 10.1. The van der Waals surface area contributed by atoms with Crippen molar-refractivity contribution in [2.45, 2.75) is 0 Å². The zero-order valence-corrected chi connectivity index (χ0v) is 8.29. The van der Waals surface area contributed by atoms with E-state index < -0.39 is 5.43 Å². The van der Waals surface area contributed by atoms with E-state index in [1.54, 1.807) is 12.1 Å². The summed E-state index contributed by atoms with van der Waals surface area (Å²) >= 11 is 0. The van der Waals surface area contributed by atoms with Gasteiger partial charge in [-0.2, -0.15) is 0 Å². The van der Waals surface area contributed by atoms with Gasteiger partial charge < -0.3 is 10.8 Å². The molecule has 2 aromatic rings. The molecule has 0 saturated carbocycles. The van der Waals surface area contributed by atoms with Crippen LogP contribution in [0.2, 0.25) is 0 Å². The Hall–Kier alpha value is -2.43. The first-order valence-corrected chi connectivity index (χ1v) is 4.58. The number of hydrogen-bond donors (Lipinski definition) is 2. The van der Waals surface area contributed by atoms with Gasteiger partial charge in [-0.3, -0.25) is 4.79 Å². The van der Waals surface area contributed by atoms with Crippen LogP contribution in [0.15, 0.2) is 41.5 Å². The second-order valence-electron chi connectivity index (χ2n) is 3.20. The van der Waals surface area contributed by atoms with Crippen molar-refractivity contribution < 1.29 is 5.11 Å². The molecule has 16 heavy (non-hydrogen) atoms. The topological polar surface area (TPSA) is 89.1 Å². The number of anilines is 1. The minimum Gasteiger partial charge on any atom is -0.504 e. The smallest absolute Gasteiger partial charge is 0.220 e. The van der Waals surface area contributed by atoms with E-state index in [-0.39, 0.29) is 11.7 Å². The maximum absolute atomic E-state index is 11.2. The number of nitrogens with two attached hydrogens (primary N) is 1. The number of nitrogens with zero attached hydrogens (tertiary/aromatic N) is 2. The standard InChI is InChI=1S/C11H9N3O2/c12-11-13-5-8(6-14-11)7-2-1-3-9(15)10(16)4-7/h1-6H,(H,15,16)(H2,12,13,14). The average molecular weight is 215 g/mol. The normalized spacial score (nSPS) is 10.0. The Balaban J connectivity index is 2.57. The van der Waals surface area contributed by atoms with E-state index in [4.69, 9.17) is 5.73 Å². The molecule has 0 fully saturated rings. The van der Waals surface area contributed by atoms with Crippen LogP contribution in [0.1, 0.15) is 0 Å². The van der Waals surface area contributed by atoms with E-state index in [2.05, 4.69) is 9.97 Å². The van der Waals surface area contributed by atoms with Crippen molar-refractivity contribution in [1.82, 2.24) is 9.97 Å². The van der Waals surface area contributed by atoms with Crippen LogP contribution in [-0.4, -0.2) is 15.1 Å². The molecular formula is C11H9N3O2. The third-order valence-electron chi connectivity index (χ3n) is 2.07. The molecule has 0 aliphatic heterocycles. The van der Waals surface area contributed by atoms with Gasteiger partial charge in [0.15, 0.2) is 5.75 Å². The van der Waals surface area contributed by atoms with Crippen molar-refractivity contribution in [2.24, 2.45) is 0 Å². The number of hydrogen-bond acceptors (Lipinski definition) is 5. The van der Waals surface area contributed by atoms with Gasteiger partial charge in [0.05, 0.1) is 0 Å². The van der Waals surface area contributed by atoms with Crippen molar-refractivity contribution >= 4 is 5.95 Å². The summed E-state index contributed by atoms with van der Waals surface area (Å²) in [6.45, 7) is 0. The molecule has 0 bridgehead atoms. The minimum atomic E-state index is -0.428. The number of rotatable bonds is 1. The zero-order chi connectivity index (χ0) is 11.5. The van der Waals surface area contributed by atoms with Crippen LogP contribution < -0.4 is 11.2 Å². The average Bonchev–Trinajstić information content (AvgIpc) is 2.43. The second-order valence-corrected chi connectivity index (χ2v) is 3.20. The van der Waals surface area contributed by atoms with E-state index in [1.807, 2.05) is 0 Å². The highest BCUT2D eigenvalue weighted by Crippen LogP contribution is 2.18. The number of aromatic nitrogens is 2. The highest BCUT2D eigenvalue weighted by Gasteiger charge is 2.00. The molecule has 5 nitrogen and oxygen atoms in total. The highest BCUT2D eigenvalue weighted by atomic mass is 16.3. The lowest BCUT2D eigenvalue weighted by molar-refractivity contribution is 0.471. The summed E-state index contributed by atoms with van der Waals surface area (Å²) in [5.41, 5.74) is 6.27. The molecule has 5 heteroatoms.